The van der Waals surface area contributed by atoms with Gasteiger partial charge in [0.15, 0.2) is 17.5 Å². The van der Waals surface area contributed by atoms with Crippen molar-refractivity contribution in [3.05, 3.63) is 66.1 Å². The molecule has 7 rings (SSSR count). The number of ether oxygens (including phenoxy) is 2. The lowest BCUT2D eigenvalue weighted by Crippen LogP contribution is -2.40. The van der Waals surface area contributed by atoms with Crippen LogP contribution in [0.2, 0.25) is 0 Å². The fourth-order valence-corrected chi connectivity index (χ4v) is 7.06. The number of unbranched alkanes of at least 4 members (excludes halogenated alkanes) is 1. The molecular formula is C54H90F2N12O8. The summed E-state index contributed by atoms with van der Waals surface area (Å²) in [6.45, 7) is 20.5. The lowest BCUT2D eigenvalue weighted by atomic mass is 9.68. The maximum absolute atomic E-state index is 14.3. The van der Waals surface area contributed by atoms with Crippen molar-refractivity contribution in [1.29, 1.82) is 0 Å². The predicted octanol–water partition coefficient (Wildman–Crippen LogP) is 8.08. The van der Waals surface area contributed by atoms with E-state index in [-0.39, 0.29) is 24.0 Å². The van der Waals surface area contributed by atoms with Crippen LogP contribution in [0.1, 0.15) is 132 Å². The van der Waals surface area contributed by atoms with Crippen molar-refractivity contribution in [2.75, 3.05) is 57.1 Å². The number of nitrogens with one attached hydrogen (secondary N) is 7. The van der Waals surface area contributed by atoms with Crippen LogP contribution < -0.4 is 43.5 Å². The minimum absolute atomic E-state index is 0.115. The van der Waals surface area contributed by atoms with E-state index in [2.05, 4.69) is 93.5 Å². The number of hydrogen-bond donors (Lipinski definition) is 9. The molecule has 3 aromatic heterocycles. The standard InChI is InChI=1S/C19H19F2N5.C10H23NO2.C9H10N2O3.C7H17N3O.C3H5NO2.2C3H8/c20-12-6-13-14(8-23-17(13)22-7-12)18-24-9-15(21)19(26-18)25-16-5-10-1-3-11(16)4-2-10;1-4-5-6-12-7-8-13-10(2,3)9-11;12-6-10-9-3-1-8(2-4-9)5-14-11-7-13;1-6(9-2)4-3-5-10-7(8)11;5-2-1-4-3-6;2*1-3-2/h6-11,16H,1-5H2,(H,22,23)(H,24,25,26);4-9,11H2,1-3H3;1-4,6-7H,5H2,(H,10,12)(H,11,13);6,9H,3-5H2,1-2H3,(H3,8,10,11);2-3H,1H2,(H,4,6);2*3H2,1-2H3. The van der Waals surface area contributed by atoms with Gasteiger partial charge < -0.3 is 57.3 Å². The van der Waals surface area contributed by atoms with Gasteiger partial charge in [-0.25, -0.2) is 34.0 Å². The minimum Gasteiger partial charge on any atom is -0.379 e. The molecule has 2 atom stereocenters. The van der Waals surface area contributed by atoms with Gasteiger partial charge in [0.05, 0.1) is 44.4 Å². The Kier molecular flexibility index (Phi) is 40.4. The highest BCUT2D eigenvalue weighted by Gasteiger charge is 2.36. The van der Waals surface area contributed by atoms with Gasteiger partial charge in [0.1, 0.15) is 17.8 Å². The number of carbonyl (C=O) groups is 5. The molecule has 2 unspecified atom stereocenters. The number of aromatic amines is 1. The number of H-pyrrole nitrogens is 1. The topological polar surface area (TPSA) is 292 Å². The zero-order valence-corrected chi connectivity index (χ0v) is 46.5. The summed E-state index contributed by atoms with van der Waals surface area (Å²) in [5.74, 6) is 1.02. The molecular weight excluding hydrogens is 983 g/mol. The number of urea groups is 1. The first-order valence-electron chi connectivity index (χ1n) is 26.3. The molecule has 22 heteroatoms. The van der Waals surface area contributed by atoms with Gasteiger partial charge in [0.2, 0.25) is 19.2 Å². The number of halogens is 2. The molecule has 2 bridgehead atoms. The van der Waals surface area contributed by atoms with Crippen molar-refractivity contribution < 1.29 is 47.1 Å². The highest BCUT2D eigenvalue weighted by atomic mass is 19.1. The molecule has 428 valence electrons. The normalized spacial score (nSPS) is 15.1. The molecule has 0 radical (unpaired) electrons. The number of nitrogens with zero attached hydrogens (tertiary/aromatic N) is 3. The summed E-state index contributed by atoms with van der Waals surface area (Å²) >= 11 is 0. The molecule has 3 saturated carbocycles. The van der Waals surface area contributed by atoms with Gasteiger partial charge in [0.25, 0.3) is 0 Å². The van der Waals surface area contributed by atoms with E-state index in [1.165, 1.54) is 57.2 Å². The van der Waals surface area contributed by atoms with E-state index in [9.17, 15) is 32.8 Å². The van der Waals surface area contributed by atoms with Crippen LogP contribution in [0.25, 0.3) is 22.4 Å². The molecule has 76 heavy (non-hydrogen) atoms. The highest BCUT2D eigenvalue weighted by molar-refractivity contribution is 5.91. The van der Waals surface area contributed by atoms with Crippen molar-refractivity contribution in [1.82, 2.24) is 41.4 Å². The van der Waals surface area contributed by atoms with Gasteiger partial charge in [-0.2, -0.15) is 0 Å². The predicted molar refractivity (Wildman–Crippen MR) is 297 cm³/mol. The third-order valence-electron chi connectivity index (χ3n) is 11.1. The molecule has 0 spiro atoms. The van der Waals surface area contributed by atoms with E-state index in [0.717, 1.165) is 50.0 Å². The van der Waals surface area contributed by atoms with E-state index in [1.807, 2.05) is 20.9 Å². The second-order valence-corrected chi connectivity index (χ2v) is 18.4. The number of amides is 5. The van der Waals surface area contributed by atoms with E-state index in [0.29, 0.717) is 98.5 Å². The first-order chi connectivity index (χ1) is 36.6. The molecule has 0 saturated heterocycles. The Bertz CT molecular complexity index is 2120. The maximum Gasteiger partial charge on any atom is 0.312 e. The molecule has 3 fully saturated rings. The molecule has 20 nitrogen and oxygen atoms in total. The van der Waals surface area contributed by atoms with Crippen molar-refractivity contribution in [2.24, 2.45) is 23.3 Å². The number of primary amides is 1. The molecule has 5 amide bonds. The quantitative estimate of drug-likeness (QED) is 0.0172. The Morgan fingerprint density at radius 3 is 2.14 bits per heavy atom. The van der Waals surface area contributed by atoms with Gasteiger partial charge in [0, 0.05) is 54.6 Å². The molecule has 3 aliphatic carbocycles. The SMILES string of the molecule is CCC.CCC.CCCCOCCOC(C)(C)CN.CNC(C)CCCNC(N)=O.Fc1cnc2[nH]cc(-c3ncc(F)c(NC4CC5CCC4CC5)n3)c2c1.O=CCNC=O.O=CNOCc1ccc(NC=O)cc1. The molecule has 3 heterocycles. The van der Waals surface area contributed by atoms with E-state index in [1.54, 1.807) is 30.5 Å². The van der Waals surface area contributed by atoms with Crippen LogP contribution in [0.15, 0.2) is 48.9 Å². The number of hydroxylamine groups is 1. The molecule has 3 aliphatic rings. The van der Waals surface area contributed by atoms with Crippen molar-refractivity contribution in [3.8, 4) is 11.4 Å². The average Bonchev–Trinajstić information content (AvgIpc) is 3.84. The average molecular weight is 1070 g/mol. The van der Waals surface area contributed by atoms with Crippen LogP contribution in [0.5, 0.6) is 0 Å². The second-order valence-electron chi connectivity index (χ2n) is 18.4. The number of anilines is 2. The number of pyridine rings is 1. The Balaban J connectivity index is 0.000000972. The maximum atomic E-state index is 14.3. The van der Waals surface area contributed by atoms with Crippen LogP contribution in [0, 0.1) is 23.5 Å². The number of aromatic nitrogens is 4. The number of fused-ring (bicyclic) bond motifs is 4. The van der Waals surface area contributed by atoms with Crippen LogP contribution in [-0.2, 0) is 40.1 Å². The second kappa shape index (κ2) is 44.0. The highest BCUT2D eigenvalue weighted by Crippen LogP contribution is 2.42. The van der Waals surface area contributed by atoms with E-state index in [4.69, 9.17) is 25.8 Å². The minimum atomic E-state index is -0.459. The van der Waals surface area contributed by atoms with E-state index >= 15 is 0 Å². The molecule has 0 aliphatic heterocycles. The Morgan fingerprint density at radius 2 is 1.61 bits per heavy atom. The van der Waals surface area contributed by atoms with Gasteiger partial charge >= 0.3 is 6.03 Å². The number of nitrogens with two attached hydrogens (primary N) is 2. The first-order valence-corrected chi connectivity index (χ1v) is 26.3. The smallest absolute Gasteiger partial charge is 0.312 e. The van der Waals surface area contributed by atoms with Crippen LogP contribution in [0.4, 0.5) is 25.1 Å². The van der Waals surface area contributed by atoms with Crippen molar-refractivity contribution in [3.63, 3.8) is 0 Å². The van der Waals surface area contributed by atoms with Crippen LogP contribution in [-0.4, -0.2) is 116 Å². The number of hydrogen-bond acceptors (Lipinski definition) is 14. The van der Waals surface area contributed by atoms with Gasteiger partial charge in [-0.1, -0.05) is 78.9 Å². The number of carbonyl (C=O) groups excluding carboxylic acids is 5. The fourth-order valence-electron chi connectivity index (χ4n) is 7.06. The number of rotatable bonds is 25. The summed E-state index contributed by atoms with van der Waals surface area (Å²) in [7, 11) is 1.92. The summed E-state index contributed by atoms with van der Waals surface area (Å²) in [5.41, 5.74) is 15.0. The van der Waals surface area contributed by atoms with Crippen LogP contribution >= 0.6 is 0 Å². The fraction of sp³-hybridized carbons (Fsp3) is 0.593. The molecule has 11 N–H and O–H groups in total. The molecule has 4 aromatic rings. The summed E-state index contributed by atoms with van der Waals surface area (Å²) < 4.78 is 38.7. The van der Waals surface area contributed by atoms with Crippen molar-refractivity contribution in [2.45, 2.75) is 150 Å². The zero-order valence-electron chi connectivity index (χ0n) is 46.5. The molecule has 1 aromatic carbocycles. The largest absolute Gasteiger partial charge is 0.379 e. The Labute approximate surface area is 449 Å². The summed E-state index contributed by atoms with van der Waals surface area (Å²) in [6.07, 6.45) is 19.0. The van der Waals surface area contributed by atoms with Gasteiger partial charge in [-0.15, -0.1) is 0 Å². The van der Waals surface area contributed by atoms with Crippen molar-refractivity contribution >= 4 is 54.1 Å². The Hall–Kier alpha value is -6.20. The third kappa shape index (κ3) is 32.3. The van der Waals surface area contributed by atoms with Gasteiger partial charge in [-0.05, 0) is 102 Å². The monoisotopic (exact) mass is 1070 g/mol. The third-order valence-corrected chi connectivity index (χ3v) is 11.1. The summed E-state index contributed by atoms with van der Waals surface area (Å²) in [6, 6.07) is 8.78. The lowest BCUT2D eigenvalue weighted by molar-refractivity contribution is -0.121. The Morgan fingerprint density at radius 1 is 0.921 bits per heavy atom. The van der Waals surface area contributed by atoms with Gasteiger partial charge in [-0.3, -0.25) is 19.2 Å². The summed E-state index contributed by atoms with van der Waals surface area (Å²) in [5, 5.41) is 14.2. The van der Waals surface area contributed by atoms with Crippen LogP contribution in [0.3, 0.4) is 0 Å². The number of aldehydes is 1. The zero-order chi connectivity index (χ0) is 57.0. The summed E-state index contributed by atoms with van der Waals surface area (Å²) in [4.78, 5) is 69.0. The number of benzene rings is 1. The first kappa shape index (κ1) is 69.8. The lowest BCUT2D eigenvalue weighted by Gasteiger charge is -2.42. The van der Waals surface area contributed by atoms with E-state index < -0.39 is 17.7 Å².